The lowest BCUT2D eigenvalue weighted by Gasteiger charge is -2.14. The van der Waals surface area contributed by atoms with Crippen molar-refractivity contribution >= 4 is 16.1 Å². The van der Waals surface area contributed by atoms with Crippen LogP contribution in [0.3, 0.4) is 0 Å². The second-order valence-corrected chi connectivity index (χ2v) is 6.31. The first-order valence-electron chi connectivity index (χ1n) is 7.11. The SMILES string of the molecule is CCOc1ccc(CCOCC(OS(C)(=O)=O)C(=O)OC)cc1. The maximum Gasteiger partial charge on any atom is 0.338 e. The highest BCUT2D eigenvalue weighted by atomic mass is 32.2. The Hall–Kier alpha value is -1.64. The molecule has 0 aromatic heterocycles. The van der Waals surface area contributed by atoms with Crippen LogP contribution in [0.2, 0.25) is 0 Å². The van der Waals surface area contributed by atoms with E-state index >= 15 is 0 Å². The van der Waals surface area contributed by atoms with E-state index in [-0.39, 0.29) is 6.61 Å². The molecule has 1 atom stereocenters. The van der Waals surface area contributed by atoms with Gasteiger partial charge in [-0.1, -0.05) is 12.1 Å². The van der Waals surface area contributed by atoms with Gasteiger partial charge < -0.3 is 14.2 Å². The number of carbonyl (C=O) groups is 1. The van der Waals surface area contributed by atoms with Gasteiger partial charge in [-0.2, -0.15) is 8.42 Å². The summed E-state index contributed by atoms with van der Waals surface area (Å²) < 4.78 is 42.0. The molecule has 0 saturated carbocycles. The second kappa shape index (κ2) is 9.49. The minimum atomic E-state index is -3.77. The Bertz CT molecular complexity index is 580. The molecule has 0 aliphatic carbocycles. The summed E-state index contributed by atoms with van der Waals surface area (Å²) in [5.74, 6) is 0.000897. The van der Waals surface area contributed by atoms with Crippen LogP contribution in [-0.2, 0) is 35.0 Å². The van der Waals surface area contributed by atoms with Gasteiger partial charge in [0.05, 0.1) is 33.2 Å². The third-order valence-corrected chi connectivity index (χ3v) is 3.38. The average Bonchev–Trinajstić information content (AvgIpc) is 2.50. The molecule has 8 heteroatoms. The number of ether oxygens (including phenoxy) is 3. The standard InChI is InChI=1S/C15H22O7S/c1-4-21-13-7-5-12(6-8-13)9-10-20-11-14(15(16)19-2)22-23(3,17)18/h5-8,14H,4,9-11H2,1-3H3. The van der Waals surface area contributed by atoms with Crippen molar-refractivity contribution in [2.45, 2.75) is 19.4 Å². The van der Waals surface area contributed by atoms with Crippen LogP contribution < -0.4 is 4.74 Å². The Morgan fingerprint density at radius 2 is 1.87 bits per heavy atom. The predicted octanol–water partition coefficient (Wildman–Crippen LogP) is 1.16. The molecule has 1 aromatic rings. The summed E-state index contributed by atoms with van der Waals surface area (Å²) in [6, 6.07) is 7.56. The first kappa shape index (κ1) is 19.4. The van der Waals surface area contributed by atoms with E-state index in [2.05, 4.69) is 8.92 Å². The van der Waals surface area contributed by atoms with Crippen LogP contribution in [0, 0.1) is 0 Å². The lowest BCUT2D eigenvalue weighted by Crippen LogP contribution is -2.32. The summed E-state index contributed by atoms with van der Waals surface area (Å²) in [4.78, 5) is 11.4. The summed E-state index contributed by atoms with van der Waals surface area (Å²) in [6.45, 7) is 2.64. The first-order valence-corrected chi connectivity index (χ1v) is 8.93. The third-order valence-electron chi connectivity index (χ3n) is 2.79. The Morgan fingerprint density at radius 1 is 1.22 bits per heavy atom. The molecule has 1 unspecified atom stereocenters. The van der Waals surface area contributed by atoms with E-state index in [1.54, 1.807) is 0 Å². The van der Waals surface area contributed by atoms with Gasteiger partial charge >= 0.3 is 5.97 Å². The minimum Gasteiger partial charge on any atom is -0.494 e. The molecule has 0 bridgehead atoms. The fourth-order valence-corrected chi connectivity index (χ4v) is 2.33. The molecule has 1 aromatic carbocycles. The topological polar surface area (TPSA) is 88.1 Å². The first-order chi connectivity index (χ1) is 10.9. The van der Waals surface area contributed by atoms with Crippen molar-refractivity contribution < 1.29 is 31.6 Å². The fourth-order valence-electron chi connectivity index (χ4n) is 1.78. The number of rotatable bonds is 10. The molecule has 23 heavy (non-hydrogen) atoms. The Kier molecular flexibility index (Phi) is 8.01. The summed E-state index contributed by atoms with van der Waals surface area (Å²) in [6.07, 6.45) is 0.178. The summed E-state index contributed by atoms with van der Waals surface area (Å²) in [5.41, 5.74) is 1.03. The molecule has 0 heterocycles. The van der Waals surface area contributed by atoms with Crippen LogP contribution in [-0.4, -0.2) is 53.7 Å². The van der Waals surface area contributed by atoms with E-state index in [1.807, 2.05) is 31.2 Å². The van der Waals surface area contributed by atoms with Gasteiger partial charge in [-0.25, -0.2) is 4.79 Å². The van der Waals surface area contributed by atoms with Crippen LogP contribution in [0.4, 0.5) is 0 Å². The van der Waals surface area contributed by atoms with Crippen LogP contribution in [0.5, 0.6) is 5.75 Å². The Labute approximate surface area is 136 Å². The van der Waals surface area contributed by atoms with Crippen molar-refractivity contribution in [2.24, 2.45) is 0 Å². The number of hydrogen-bond acceptors (Lipinski definition) is 7. The Morgan fingerprint density at radius 3 is 2.39 bits per heavy atom. The van der Waals surface area contributed by atoms with Crippen LogP contribution in [0.15, 0.2) is 24.3 Å². The van der Waals surface area contributed by atoms with Gasteiger partial charge in [-0.3, -0.25) is 4.18 Å². The molecule has 0 aliphatic rings. The summed E-state index contributed by atoms with van der Waals surface area (Å²) >= 11 is 0. The zero-order chi connectivity index (χ0) is 17.3. The molecule has 1 rings (SSSR count). The van der Waals surface area contributed by atoms with E-state index in [9.17, 15) is 13.2 Å². The summed E-state index contributed by atoms with van der Waals surface area (Å²) in [5, 5.41) is 0. The van der Waals surface area contributed by atoms with Crippen molar-refractivity contribution in [3.63, 3.8) is 0 Å². The molecule has 0 N–H and O–H groups in total. The fraction of sp³-hybridized carbons (Fsp3) is 0.533. The lowest BCUT2D eigenvalue weighted by molar-refractivity contribution is -0.151. The minimum absolute atomic E-state index is 0.198. The average molecular weight is 346 g/mol. The van der Waals surface area contributed by atoms with Gasteiger partial charge in [-0.05, 0) is 31.0 Å². The number of hydrogen-bond donors (Lipinski definition) is 0. The van der Waals surface area contributed by atoms with Gasteiger partial charge in [0, 0.05) is 0 Å². The molecule has 130 valence electrons. The van der Waals surface area contributed by atoms with Crippen molar-refractivity contribution in [3.05, 3.63) is 29.8 Å². The molecular weight excluding hydrogens is 324 g/mol. The van der Waals surface area contributed by atoms with Gasteiger partial charge in [-0.15, -0.1) is 0 Å². The zero-order valence-electron chi connectivity index (χ0n) is 13.5. The molecule has 0 spiro atoms. The molecule has 0 fully saturated rings. The molecular formula is C15H22O7S. The smallest absolute Gasteiger partial charge is 0.338 e. The van der Waals surface area contributed by atoms with Gasteiger partial charge in [0.2, 0.25) is 0 Å². The normalized spacial score (nSPS) is 12.7. The molecule has 0 saturated heterocycles. The van der Waals surface area contributed by atoms with Crippen molar-refractivity contribution in [1.29, 1.82) is 0 Å². The largest absolute Gasteiger partial charge is 0.494 e. The zero-order valence-corrected chi connectivity index (χ0v) is 14.3. The van der Waals surface area contributed by atoms with E-state index in [4.69, 9.17) is 9.47 Å². The number of methoxy groups -OCH3 is 1. The van der Waals surface area contributed by atoms with Crippen molar-refractivity contribution in [2.75, 3.05) is 33.2 Å². The second-order valence-electron chi connectivity index (χ2n) is 4.71. The van der Waals surface area contributed by atoms with Crippen LogP contribution >= 0.6 is 0 Å². The Balaban J connectivity index is 2.42. The van der Waals surface area contributed by atoms with E-state index < -0.39 is 22.2 Å². The molecule has 0 aliphatic heterocycles. The van der Waals surface area contributed by atoms with Crippen LogP contribution in [0.1, 0.15) is 12.5 Å². The van der Waals surface area contributed by atoms with E-state index in [1.165, 1.54) is 0 Å². The molecule has 0 radical (unpaired) electrons. The third kappa shape index (κ3) is 7.96. The monoisotopic (exact) mass is 346 g/mol. The van der Waals surface area contributed by atoms with E-state index in [0.29, 0.717) is 19.6 Å². The number of carbonyl (C=O) groups excluding carboxylic acids is 1. The highest BCUT2D eigenvalue weighted by Gasteiger charge is 2.24. The number of benzene rings is 1. The molecule has 0 amide bonds. The maximum atomic E-state index is 11.4. The predicted molar refractivity (Wildman–Crippen MR) is 83.9 cm³/mol. The number of esters is 1. The lowest BCUT2D eigenvalue weighted by atomic mass is 10.1. The molecule has 7 nitrogen and oxygen atoms in total. The van der Waals surface area contributed by atoms with Crippen molar-refractivity contribution in [1.82, 2.24) is 0 Å². The van der Waals surface area contributed by atoms with E-state index in [0.717, 1.165) is 24.7 Å². The van der Waals surface area contributed by atoms with Crippen LogP contribution in [0.25, 0.3) is 0 Å². The van der Waals surface area contributed by atoms with Crippen molar-refractivity contribution in [3.8, 4) is 5.75 Å². The van der Waals surface area contributed by atoms with Gasteiger partial charge in [0.1, 0.15) is 5.75 Å². The van der Waals surface area contributed by atoms with Gasteiger partial charge in [0.25, 0.3) is 10.1 Å². The highest BCUT2D eigenvalue weighted by Crippen LogP contribution is 2.12. The summed E-state index contributed by atoms with van der Waals surface area (Å²) in [7, 11) is -2.62. The highest BCUT2D eigenvalue weighted by molar-refractivity contribution is 7.86. The van der Waals surface area contributed by atoms with Gasteiger partial charge in [0.15, 0.2) is 6.10 Å². The maximum absolute atomic E-state index is 11.4. The quantitative estimate of drug-likeness (QED) is 0.357.